The minimum Gasteiger partial charge on any atom is -0.508 e. The van der Waals surface area contributed by atoms with Crippen molar-refractivity contribution in [2.45, 2.75) is 11.5 Å². The average molecular weight is 372 g/mol. The minimum atomic E-state index is -1.68. The predicted octanol–water partition coefficient (Wildman–Crippen LogP) is 4.75. The summed E-state index contributed by atoms with van der Waals surface area (Å²) in [6, 6.07) is 21.1. The Labute approximate surface area is 163 Å². The molecule has 2 atom stereocenters. The lowest BCUT2D eigenvalue weighted by Crippen LogP contribution is -2.33. The van der Waals surface area contributed by atoms with E-state index in [4.69, 9.17) is 0 Å². The molecule has 4 rings (SSSR count). The third-order valence-electron chi connectivity index (χ3n) is 5.10. The van der Waals surface area contributed by atoms with Crippen LogP contribution < -0.4 is 0 Å². The van der Waals surface area contributed by atoms with Crippen molar-refractivity contribution in [3.05, 3.63) is 108 Å². The maximum atomic E-state index is 11.8. The van der Waals surface area contributed by atoms with Gasteiger partial charge in [-0.1, -0.05) is 60.7 Å². The normalized spacial score (nSPS) is 21.3. The van der Waals surface area contributed by atoms with Crippen LogP contribution in [0.4, 0.5) is 0 Å². The van der Waals surface area contributed by atoms with Gasteiger partial charge in [-0.05, 0) is 41.5 Å². The van der Waals surface area contributed by atoms with E-state index < -0.39 is 11.5 Å². The van der Waals surface area contributed by atoms with Crippen molar-refractivity contribution in [2.24, 2.45) is 0 Å². The number of hydrogen-bond acceptors (Lipinski definition) is 4. The van der Waals surface area contributed by atoms with Crippen LogP contribution >= 0.6 is 0 Å². The van der Waals surface area contributed by atoms with Gasteiger partial charge in [0.05, 0.1) is 0 Å². The Kier molecular flexibility index (Phi) is 4.41. The van der Waals surface area contributed by atoms with E-state index in [1.165, 1.54) is 24.3 Å². The number of hydrogen-bond donors (Lipinski definition) is 4. The van der Waals surface area contributed by atoms with Crippen molar-refractivity contribution < 1.29 is 20.4 Å². The third-order valence-corrected chi connectivity index (χ3v) is 5.10. The van der Waals surface area contributed by atoms with E-state index in [-0.39, 0.29) is 22.8 Å². The molecular formula is C24H20O4. The van der Waals surface area contributed by atoms with Crippen molar-refractivity contribution in [3.8, 4) is 22.6 Å². The lowest BCUT2D eigenvalue weighted by atomic mass is 9.72. The molecule has 0 heterocycles. The fourth-order valence-corrected chi connectivity index (χ4v) is 3.80. The first-order valence-corrected chi connectivity index (χ1v) is 8.99. The summed E-state index contributed by atoms with van der Waals surface area (Å²) in [7, 11) is 0. The molecule has 3 aromatic carbocycles. The maximum Gasteiger partial charge on any atom is 0.124 e. The van der Waals surface area contributed by atoms with Gasteiger partial charge in [0.2, 0.25) is 0 Å². The molecule has 0 saturated heterocycles. The summed E-state index contributed by atoms with van der Waals surface area (Å²) in [5.41, 5.74) is 0.290. The number of rotatable bonds is 3. The average Bonchev–Trinajstić information content (AvgIpc) is 2.72. The van der Waals surface area contributed by atoms with Crippen molar-refractivity contribution in [1.82, 2.24) is 0 Å². The number of phenols is 2. The summed E-state index contributed by atoms with van der Waals surface area (Å²) >= 11 is 0. The van der Waals surface area contributed by atoms with E-state index in [0.29, 0.717) is 11.1 Å². The van der Waals surface area contributed by atoms with Gasteiger partial charge in [0.25, 0.3) is 0 Å². The van der Waals surface area contributed by atoms with Crippen LogP contribution in [0.2, 0.25) is 0 Å². The van der Waals surface area contributed by atoms with Gasteiger partial charge in [-0.25, -0.2) is 0 Å². The molecule has 3 aromatic rings. The molecule has 0 aliphatic heterocycles. The molecule has 1 aliphatic carbocycles. The number of benzene rings is 3. The molecule has 0 spiro atoms. The summed E-state index contributed by atoms with van der Waals surface area (Å²) in [4.78, 5) is 0. The molecule has 140 valence electrons. The highest BCUT2D eigenvalue weighted by molar-refractivity contribution is 5.78. The first kappa shape index (κ1) is 17.9. The van der Waals surface area contributed by atoms with E-state index in [1.807, 2.05) is 48.5 Å². The topological polar surface area (TPSA) is 80.9 Å². The van der Waals surface area contributed by atoms with E-state index in [0.717, 1.165) is 5.56 Å². The van der Waals surface area contributed by atoms with E-state index in [2.05, 4.69) is 0 Å². The zero-order valence-electron chi connectivity index (χ0n) is 15.0. The Morgan fingerprint density at radius 1 is 0.714 bits per heavy atom. The number of phenolic OH excluding ortho intramolecular Hbond substituents is 2. The molecule has 4 N–H and O–H groups in total. The van der Waals surface area contributed by atoms with Gasteiger partial charge in [0.15, 0.2) is 0 Å². The highest BCUT2D eigenvalue weighted by atomic mass is 16.3. The van der Waals surface area contributed by atoms with Crippen LogP contribution in [0.15, 0.2) is 96.8 Å². The maximum absolute atomic E-state index is 11.8. The Morgan fingerprint density at radius 3 is 2.00 bits per heavy atom. The number of aromatic hydroxyl groups is 2. The molecule has 0 amide bonds. The zero-order valence-corrected chi connectivity index (χ0v) is 15.0. The lowest BCUT2D eigenvalue weighted by Gasteiger charge is -2.37. The van der Waals surface area contributed by atoms with Crippen LogP contribution in [-0.2, 0) is 5.60 Å². The van der Waals surface area contributed by atoms with Gasteiger partial charge in [-0.3, -0.25) is 0 Å². The van der Waals surface area contributed by atoms with E-state index in [9.17, 15) is 20.4 Å². The number of aliphatic hydroxyl groups excluding tert-OH is 1. The first-order valence-electron chi connectivity index (χ1n) is 8.99. The third kappa shape index (κ3) is 2.94. The summed E-state index contributed by atoms with van der Waals surface area (Å²) in [6.45, 7) is 0. The van der Waals surface area contributed by atoms with Gasteiger partial charge in [-0.2, -0.15) is 0 Å². The SMILES string of the molecule is OC1=CC(c2ccccc2)C(O)(c2c(O)ccc(O)c2-c2ccccc2)C=C1. The van der Waals surface area contributed by atoms with Crippen molar-refractivity contribution >= 4 is 0 Å². The second kappa shape index (κ2) is 6.91. The number of aliphatic hydroxyl groups is 2. The van der Waals surface area contributed by atoms with Gasteiger partial charge < -0.3 is 20.4 Å². The summed E-state index contributed by atoms with van der Waals surface area (Å²) in [5.74, 6) is -0.820. The minimum absolute atomic E-state index is 0.0273. The van der Waals surface area contributed by atoms with E-state index in [1.54, 1.807) is 18.2 Å². The summed E-state index contributed by atoms with van der Waals surface area (Å²) in [5, 5.41) is 43.2. The zero-order chi connectivity index (χ0) is 19.7. The molecule has 0 radical (unpaired) electrons. The van der Waals surface area contributed by atoms with Crippen LogP contribution in [0, 0.1) is 0 Å². The fourth-order valence-electron chi connectivity index (χ4n) is 3.80. The molecule has 28 heavy (non-hydrogen) atoms. The van der Waals surface area contributed by atoms with E-state index >= 15 is 0 Å². The highest BCUT2D eigenvalue weighted by Gasteiger charge is 2.42. The first-order chi connectivity index (χ1) is 13.5. The molecule has 4 heteroatoms. The standard InChI is InChI=1S/C24H20O4/c25-18-13-14-24(28,19(15-18)16-7-3-1-4-8-16)23-21(27)12-11-20(26)22(23)17-9-5-2-6-10-17/h1-15,19,25-28H. The van der Waals surface area contributed by atoms with Crippen LogP contribution in [0.1, 0.15) is 17.0 Å². The summed E-state index contributed by atoms with van der Waals surface area (Å²) in [6.07, 6.45) is 4.41. The molecular weight excluding hydrogens is 352 g/mol. The van der Waals surface area contributed by atoms with Crippen molar-refractivity contribution in [2.75, 3.05) is 0 Å². The second-order valence-electron chi connectivity index (χ2n) is 6.86. The largest absolute Gasteiger partial charge is 0.508 e. The van der Waals surface area contributed by atoms with Gasteiger partial charge >= 0.3 is 0 Å². The predicted molar refractivity (Wildman–Crippen MR) is 108 cm³/mol. The molecule has 1 aliphatic rings. The molecule has 0 aromatic heterocycles. The molecule has 0 fully saturated rings. The van der Waals surface area contributed by atoms with Crippen LogP contribution in [0.5, 0.6) is 11.5 Å². The second-order valence-corrected chi connectivity index (χ2v) is 6.86. The highest BCUT2D eigenvalue weighted by Crippen LogP contribution is 2.51. The molecule has 0 bridgehead atoms. The molecule has 2 unspecified atom stereocenters. The van der Waals surface area contributed by atoms with Crippen molar-refractivity contribution in [1.29, 1.82) is 0 Å². The Bertz CT molecular complexity index is 1050. The number of allylic oxidation sites excluding steroid dienone is 1. The monoisotopic (exact) mass is 372 g/mol. The smallest absolute Gasteiger partial charge is 0.124 e. The lowest BCUT2D eigenvalue weighted by molar-refractivity contribution is 0.0675. The summed E-state index contributed by atoms with van der Waals surface area (Å²) < 4.78 is 0. The van der Waals surface area contributed by atoms with Crippen LogP contribution in [-0.4, -0.2) is 20.4 Å². The van der Waals surface area contributed by atoms with Crippen LogP contribution in [0.25, 0.3) is 11.1 Å². The van der Waals surface area contributed by atoms with Crippen molar-refractivity contribution in [3.63, 3.8) is 0 Å². The van der Waals surface area contributed by atoms with Crippen LogP contribution in [0.3, 0.4) is 0 Å². The molecule has 0 saturated carbocycles. The Hall–Kier alpha value is -3.50. The quantitative estimate of drug-likeness (QED) is 0.500. The Balaban J connectivity index is 2.00. The van der Waals surface area contributed by atoms with Gasteiger partial charge in [0.1, 0.15) is 22.9 Å². The molecule has 4 nitrogen and oxygen atoms in total. The van der Waals surface area contributed by atoms with Gasteiger partial charge in [0, 0.05) is 17.0 Å². The van der Waals surface area contributed by atoms with Gasteiger partial charge in [-0.15, -0.1) is 0 Å². The fraction of sp³-hybridized carbons (Fsp3) is 0.0833. The Morgan fingerprint density at radius 2 is 1.32 bits per heavy atom.